The van der Waals surface area contributed by atoms with Crippen LogP contribution < -0.4 is 10.6 Å². The van der Waals surface area contributed by atoms with E-state index in [2.05, 4.69) is 25.6 Å². The van der Waals surface area contributed by atoms with Crippen molar-refractivity contribution in [2.45, 2.75) is 18.9 Å². The average Bonchev–Trinajstić information content (AvgIpc) is 3.13. The summed E-state index contributed by atoms with van der Waals surface area (Å²) in [5, 5.41) is 7.42. The molecule has 0 unspecified atom stereocenters. The molecule has 0 radical (unpaired) electrons. The van der Waals surface area contributed by atoms with Gasteiger partial charge in [-0.05, 0) is 12.8 Å². The number of aromatic amines is 1. The lowest BCUT2D eigenvalue weighted by Gasteiger charge is -2.28. The number of anilines is 1. The molecule has 4 rings (SSSR count). The summed E-state index contributed by atoms with van der Waals surface area (Å²) >= 11 is 0. The van der Waals surface area contributed by atoms with Gasteiger partial charge in [0.1, 0.15) is 17.8 Å². The van der Waals surface area contributed by atoms with Gasteiger partial charge < -0.3 is 15.6 Å². The average molecular weight is 294 g/mol. The van der Waals surface area contributed by atoms with Gasteiger partial charge in [0, 0.05) is 30.8 Å². The SMILES string of the molecule is Cl.O=C(c1c[nH]c2ncnc(NC3CNC3)c12)C1CC1. The van der Waals surface area contributed by atoms with Crippen LogP contribution in [0.1, 0.15) is 23.2 Å². The molecule has 3 N–H and O–H groups in total. The quantitative estimate of drug-likeness (QED) is 0.741. The van der Waals surface area contributed by atoms with Crippen molar-refractivity contribution in [1.29, 1.82) is 0 Å². The van der Waals surface area contributed by atoms with Crippen LogP contribution in [0.15, 0.2) is 12.5 Å². The Labute approximate surface area is 122 Å². The first-order chi connectivity index (χ1) is 9.33. The number of carbonyl (C=O) groups excluding carboxylic acids is 1. The second kappa shape index (κ2) is 5.03. The van der Waals surface area contributed by atoms with Crippen molar-refractivity contribution in [3.8, 4) is 0 Å². The highest BCUT2D eigenvalue weighted by Crippen LogP contribution is 2.35. The van der Waals surface area contributed by atoms with Crippen LogP contribution in [0.4, 0.5) is 5.82 Å². The second-order valence-electron chi connectivity index (χ2n) is 5.29. The number of carbonyl (C=O) groups is 1. The van der Waals surface area contributed by atoms with Crippen LogP contribution in [0.5, 0.6) is 0 Å². The van der Waals surface area contributed by atoms with E-state index >= 15 is 0 Å². The standard InChI is InChI=1S/C13H15N5O.ClH/c19-11(7-1-2-7)9-5-15-12-10(9)13(17-6-16-12)18-8-3-14-4-8;/h5-8,14H,1-4H2,(H2,15,16,17,18);1H. The first kappa shape index (κ1) is 13.3. The molecule has 1 saturated carbocycles. The van der Waals surface area contributed by atoms with Crippen molar-refractivity contribution in [2.75, 3.05) is 18.4 Å². The highest BCUT2D eigenvalue weighted by molar-refractivity contribution is 6.12. The molecule has 6 nitrogen and oxygen atoms in total. The molecule has 1 aliphatic heterocycles. The van der Waals surface area contributed by atoms with E-state index in [-0.39, 0.29) is 24.1 Å². The van der Waals surface area contributed by atoms with Crippen molar-refractivity contribution in [1.82, 2.24) is 20.3 Å². The van der Waals surface area contributed by atoms with E-state index in [9.17, 15) is 4.79 Å². The van der Waals surface area contributed by atoms with Crippen LogP contribution >= 0.6 is 12.4 Å². The number of nitrogens with zero attached hydrogens (tertiary/aromatic N) is 2. The van der Waals surface area contributed by atoms with Gasteiger partial charge in [0.25, 0.3) is 0 Å². The zero-order chi connectivity index (χ0) is 12.8. The summed E-state index contributed by atoms with van der Waals surface area (Å²) in [5.74, 6) is 1.19. The fourth-order valence-corrected chi connectivity index (χ4v) is 2.42. The van der Waals surface area contributed by atoms with Crippen molar-refractivity contribution < 1.29 is 4.79 Å². The molecule has 2 aromatic heterocycles. The molecule has 2 fully saturated rings. The van der Waals surface area contributed by atoms with E-state index in [1.54, 1.807) is 6.20 Å². The van der Waals surface area contributed by atoms with E-state index in [1.807, 2.05) is 0 Å². The van der Waals surface area contributed by atoms with Crippen molar-refractivity contribution >= 4 is 35.0 Å². The Morgan fingerprint density at radius 2 is 2.10 bits per heavy atom. The van der Waals surface area contributed by atoms with Gasteiger partial charge >= 0.3 is 0 Å². The molecule has 2 aliphatic rings. The first-order valence-corrected chi connectivity index (χ1v) is 6.66. The van der Waals surface area contributed by atoms with E-state index in [0.717, 1.165) is 48.3 Å². The van der Waals surface area contributed by atoms with Gasteiger partial charge in [-0.1, -0.05) is 0 Å². The van der Waals surface area contributed by atoms with Gasteiger partial charge in [-0.2, -0.15) is 0 Å². The maximum atomic E-state index is 12.3. The number of rotatable bonds is 4. The Hall–Kier alpha value is -1.66. The fourth-order valence-electron chi connectivity index (χ4n) is 2.42. The molecular formula is C13H16ClN5O. The van der Waals surface area contributed by atoms with Crippen LogP contribution in [0.25, 0.3) is 11.0 Å². The Kier molecular flexibility index (Phi) is 3.35. The Bertz CT molecular complexity index is 647. The van der Waals surface area contributed by atoms with Crippen LogP contribution in [0, 0.1) is 5.92 Å². The molecule has 0 spiro atoms. The molecule has 2 aromatic rings. The number of hydrogen-bond donors (Lipinski definition) is 3. The maximum Gasteiger partial charge on any atom is 0.168 e. The lowest BCUT2D eigenvalue weighted by Crippen LogP contribution is -2.51. The summed E-state index contributed by atoms with van der Waals surface area (Å²) in [4.78, 5) is 23.9. The zero-order valence-electron chi connectivity index (χ0n) is 10.8. The second-order valence-corrected chi connectivity index (χ2v) is 5.29. The summed E-state index contributed by atoms with van der Waals surface area (Å²) < 4.78 is 0. The first-order valence-electron chi connectivity index (χ1n) is 6.66. The highest BCUT2D eigenvalue weighted by Gasteiger charge is 2.33. The third-order valence-electron chi connectivity index (χ3n) is 3.81. The number of nitrogens with one attached hydrogen (secondary N) is 3. The fraction of sp³-hybridized carbons (Fsp3) is 0.462. The highest BCUT2D eigenvalue weighted by atomic mass is 35.5. The number of fused-ring (bicyclic) bond motifs is 1. The molecule has 20 heavy (non-hydrogen) atoms. The van der Waals surface area contributed by atoms with Gasteiger partial charge in [-0.3, -0.25) is 4.79 Å². The monoisotopic (exact) mass is 293 g/mol. The third-order valence-corrected chi connectivity index (χ3v) is 3.81. The third kappa shape index (κ3) is 2.14. The van der Waals surface area contributed by atoms with Gasteiger partial charge in [0.05, 0.1) is 11.4 Å². The lowest BCUT2D eigenvalue weighted by molar-refractivity contribution is 0.0969. The van der Waals surface area contributed by atoms with Crippen molar-refractivity contribution in [2.24, 2.45) is 5.92 Å². The molecular weight excluding hydrogens is 278 g/mol. The molecule has 0 atom stereocenters. The molecule has 1 saturated heterocycles. The van der Waals surface area contributed by atoms with Gasteiger partial charge in [-0.25, -0.2) is 9.97 Å². The summed E-state index contributed by atoms with van der Waals surface area (Å²) in [6.07, 6.45) is 5.31. The number of H-pyrrole nitrogens is 1. The number of Topliss-reactive ketones (excluding diaryl/α,β-unsaturated/α-hetero) is 1. The zero-order valence-corrected chi connectivity index (χ0v) is 11.7. The maximum absolute atomic E-state index is 12.3. The van der Waals surface area contributed by atoms with Crippen LogP contribution in [0.2, 0.25) is 0 Å². The minimum Gasteiger partial charge on any atom is -0.364 e. The molecule has 7 heteroatoms. The summed E-state index contributed by atoms with van der Waals surface area (Å²) in [6, 6.07) is 0.386. The van der Waals surface area contributed by atoms with Gasteiger partial charge in [0.2, 0.25) is 0 Å². The van der Waals surface area contributed by atoms with E-state index in [0.29, 0.717) is 6.04 Å². The Balaban J connectivity index is 0.00000121. The predicted molar refractivity (Wildman–Crippen MR) is 78.5 cm³/mol. The smallest absolute Gasteiger partial charge is 0.168 e. The van der Waals surface area contributed by atoms with Crippen LogP contribution in [0.3, 0.4) is 0 Å². The van der Waals surface area contributed by atoms with Crippen LogP contribution in [-0.4, -0.2) is 39.9 Å². The molecule has 0 amide bonds. The number of ketones is 1. The predicted octanol–water partition coefficient (Wildman–Crippen LogP) is 1.36. The van der Waals surface area contributed by atoms with Crippen molar-refractivity contribution in [3.05, 3.63) is 18.1 Å². The summed E-state index contributed by atoms with van der Waals surface area (Å²) in [6.45, 7) is 1.86. The Morgan fingerprint density at radius 3 is 2.75 bits per heavy atom. The number of aromatic nitrogens is 3. The minimum atomic E-state index is 0. The summed E-state index contributed by atoms with van der Waals surface area (Å²) in [5.41, 5.74) is 1.46. The molecule has 3 heterocycles. The normalized spacial score (nSPS) is 18.4. The van der Waals surface area contributed by atoms with Gasteiger partial charge in [0.15, 0.2) is 5.78 Å². The van der Waals surface area contributed by atoms with Crippen LogP contribution in [-0.2, 0) is 0 Å². The molecule has 1 aliphatic carbocycles. The van der Waals surface area contributed by atoms with Crippen molar-refractivity contribution in [3.63, 3.8) is 0 Å². The Morgan fingerprint density at radius 1 is 1.30 bits per heavy atom. The molecule has 0 aromatic carbocycles. The topological polar surface area (TPSA) is 82.7 Å². The van der Waals surface area contributed by atoms with E-state index in [4.69, 9.17) is 0 Å². The van der Waals surface area contributed by atoms with Gasteiger partial charge in [-0.15, -0.1) is 12.4 Å². The van der Waals surface area contributed by atoms with E-state index < -0.39 is 0 Å². The lowest BCUT2D eigenvalue weighted by atomic mass is 10.1. The van der Waals surface area contributed by atoms with E-state index in [1.165, 1.54) is 6.33 Å². The summed E-state index contributed by atoms with van der Waals surface area (Å²) in [7, 11) is 0. The largest absolute Gasteiger partial charge is 0.364 e. The molecule has 0 bridgehead atoms. The number of hydrogen-bond acceptors (Lipinski definition) is 5. The minimum absolute atomic E-state index is 0. The number of halogens is 1. The molecule has 106 valence electrons.